The minimum atomic E-state index is -2.21. The average Bonchev–Trinajstić information content (AvgIpc) is 2.49. The Balaban J connectivity index is 2.79. The van der Waals surface area contributed by atoms with Crippen molar-refractivity contribution in [2.75, 3.05) is 6.54 Å². The zero-order chi connectivity index (χ0) is 15.3. The van der Waals surface area contributed by atoms with Crippen LogP contribution in [0.25, 0.3) is 0 Å². The van der Waals surface area contributed by atoms with E-state index in [9.17, 15) is 0 Å². The summed E-state index contributed by atoms with van der Waals surface area (Å²) in [6, 6.07) is 21.4. The Kier molecular flexibility index (Phi) is 4.67. The minimum Gasteiger partial charge on any atom is -0.320 e. The number of nitrogens with two attached hydrogens (primary N) is 1. The van der Waals surface area contributed by atoms with Crippen LogP contribution >= 0.6 is 0 Å². The maximum Gasteiger partial charge on any atom is 0.204 e. The summed E-state index contributed by atoms with van der Waals surface area (Å²) < 4.78 is 0. The van der Waals surface area contributed by atoms with E-state index < -0.39 is 8.07 Å². The standard InChI is InChI=1S/C19H23NSi/c1-19(2,3)21(16-10-15-20,17-11-6-4-7-12-17)18-13-8-5-9-14-18/h4-9,11-14H,15,20H2,1-3H3. The molecule has 0 spiro atoms. The largest absolute Gasteiger partial charge is 0.320 e. The first-order valence-corrected chi connectivity index (χ1v) is 9.33. The van der Waals surface area contributed by atoms with Crippen LogP contribution in [-0.4, -0.2) is 14.6 Å². The monoisotopic (exact) mass is 293 g/mol. The van der Waals surface area contributed by atoms with Gasteiger partial charge in [-0.15, -0.1) is 5.54 Å². The highest BCUT2D eigenvalue weighted by molar-refractivity contribution is 7.10. The third-order valence-corrected chi connectivity index (χ3v) is 9.12. The van der Waals surface area contributed by atoms with Crippen LogP contribution in [-0.2, 0) is 0 Å². The van der Waals surface area contributed by atoms with Gasteiger partial charge >= 0.3 is 0 Å². The van der Waals surface area contributed by atoms with Crippen molar-refractivity contribution in [3.63, 3.8) is 0 Å². The van der Waals surface area contributed by atoms with Crippen LogP contribution in [0.5, 0.6) is 0 Å². The molecule has 0 unspecified atom stereocenters. The summed E-state index contributed by atoms with van der Waals surface area (Å²) in [5.41, 5.74) is 9.30. The highest BCUT2D eigenvalue weighted by Gasteiger charge is 2.46. The second-order valence-corrected chi connectivity index (χ2v) is 10.6. The average molecular weight is 293 g/mol. The lowest BCUT2D eigenvalue weighted by Gasteiger charge is -2.39. The molecule has 0 bridgehead atoms. The molecule has 0 heterocycles. The molecule has 0 saturated heterocycles. The van der Waals surface area contributed by atoms with Crippen LogP contribution < -0.4 is 16.1 Å². The number of benzene rings is 2. The maximum absolute atomic E-state index is 5.68. The maximum atomic E-state index is 5.68. The zero-order valence-electron chi connectivity index (χ0n) is 13.1. The summed E-state index contributed by atoms with van der Waals surface area (Å²) in [5.74, 6) is 3.18. The van der Waals surface area contributed by atoms with E-state index in [0.29, 0.717) is 6.54 Å². The summed E-state index contributed by atoms with van der Waals surface area (Å²) in [7, 11) is -2.21. The molecular weight excluding hydrogens is 270 g/mol. The first-order chi connectivity index (χ1) is 10.0. The Morgan fingerprint density at radius 2 is 1.29 bits per heavy atom. The van der Waals surface area contributed by atoms with Crippen molar-refractivity contribution >= 4 is 18.4 Å². The van der Waals surface area contributed by atoms with Crippen molar-refractivity contribution in [1.29, 1.82) is 0 Å². The molecule has 0 saturated carbocycles. The molecule has 0 radical (unpaired) electrons. The molecule has 0 aliphatic carbocycles. The Morgan fingerprint density at radius 3 is 1.62 bits per heavy atom. The number of rotatable bonds is 2. The highest BCUT2D eigenvalue weighted by Crippen LogP contribution is 2.35. The summed E-state index contributed by atoms with van der Waals surface area (Å²) in [5, 5.41) is 2.78. The van der Waals surface area contributed by atoms with Gasteiger partial charge in [-0.25, -0.2) is 0 Å². The molecule has 2 aromatic carbocycles. The molecule has 0 aliphatic heterocycles. The lowest BCUT2D eigenvalue weighted by atomic mass is 10.2. The van der Waals surface area contributed by atoms with Crippen molar-refractivity contribution < 1.29 is 0 Å². The molecule has 0 fully saturated rings. The van der Waals surface area contributed by atoms with E-state index in [1.54, 1.807) is 0 Å². The Labute approximate surface area is 129 Å². The fourth-order valence-corrected chi connectivity index (χ4v) is 7.41. The molecule has 0 aromatic heterocycles. The molecule has 21 heavy (non-hydrogen) atoms. The van der Waals surface area contributed by atoms with Crippen LogP contribution in [0.2, 0.25) is 5.04 Å². The fraction of sp³-hybridized carbons (Fsp3) is 0.263. The topological polar surface area (TPSA) is 26.0 Å². The van der Waals surface area contributed by atoms with Crippen LogP contribution in [0.1, 0.15) is 20.8 Å². The second-order valence-electron chi connectivity index (χ2n) is 6.24. The van der Waals surface area contributed by atoms with Crippen molar-refractivity contribution in [1.82, 2.24) is 0 Å². The van der Waals surface area contributed by atoms with Crippen molar-refractivity contribution in [2.45, 2.75) is 25.8 Å². The van der Waals surface area contributed by atoms with E-state index >= 15 is 0 Å². The Bertz CT molecular complexity index is 591. The van der Waals surface area contributed by atoms with E-state index in [1.807, 2.05) is 0 Å². The van der Waals surface area contributed by atoms with Crippen molar-refractivity contribution in [3.8, 4) is 11.5 Å². The third-order valence-electron chi connectivity index (χ3n) is 3.92. The van der Waals surface area contributed by atoms with Crippen LogP contribution in [0, 0.1) is 11.5 Å². The first-order valence-electron chi connectivity index (χ1n) is 7.33. The molecule has 108 valence electrons. The lowest BCUT2D eigenvalue weighted by Crippen LogP contribution is -2.63. The van der Waals surface area contributed by atoms with Gasteiger partial charge in [0.25, 0.3) is 0 Å². The van der Waals surface area contributed by atoms with E-state index in [1.165, 1.54) is 10.4 Å². The van der Waals surface area contributed by atoms with E-state index in [2.05, 4.69) is 92.9 Å². The van der Waals surface area contributed by atoms with Gasteiger partial charge in [0.1, 0.15) is 0 Å². The van der Waals surface area contributed by atoms with Gasteiger partial charge in [-0.3, -0.25) is 0 Å². The summed E-state index contributed by atoms with van der Waals surface area (Å²) in [6.45, 7) is 7.30. The molecule has 0 amide bonds. The van der Waals surface area contributed by atoms with Gasteiger partial charge in [0.2, 0.25) is 8.07 Å². The molecule has 1 nitrogen and oxygen atoms in total. The Morgan fingerprint density at radius 1 is 0.857 bits per heavy atom. The SMILES string of the molecule is CC(C)(C)[Si](C#CCN)(c1ccccc1)c1ccccc1. The van der Waals surface area contributed by atoms with Gasteiger partial charge < -0.3 is 5.73 Å². The molecule has 0 atom stereocenters. The highest BCUT2D eigenvalue weighted by atomic mass is 28.3. The van der Waals surface area contributed by atoms with Gasteiger partial charge in [0, 0.05) is 0 Å². The summed E-state index contributed by atoms with van der Waals surface area (Å²) in [6.07, 6.45) is 0. The molecular formula is C19H23NSi. The fourth-order valence-electron chi connectivity index (χ4n) is 2.92. The van der Waals surface area contributed by atoms with Gasteiger partial charge in [-0.2, -0.15) is 0 Å². The zero-order valence-corrected chi connectivity index (χ0v) is 14.1. The third kappa shape index (κ3) is 2.95. The number of hydrogen-bond acceptors (Lipinski definition) is 1. The van der Waals surface area contributed by atoms with E-state index in [0.717, 1.165) is 0 Å². The second kappa shape index (κ2) is 6.30. The summed E-state index contributed by atoms with van der Waals surface area (Å²) in [4.78, 5) is 0. The molecule has 2 rings (SSSR count). The quantitative estimate of drug-likeness (QED) is 0.668. The normalized spacial score (nSPS) is 11.6. The molecule has 0 aliphatic rings. The van der Waals surface area contributed by atoms with Crippen molar-refractivity contribution in [3.05, 3.63) is 60.7 Å². The van der Waals surface area contributed by atoms with Gasteiger partial charge in [-0.05, 0) is 15.4 Å². The molecule has 2 heteroatoms. The van der Waals surface area contributed by atoms with Crippen LogP contribution in [0.4, 0.5) is 0 Å². The van der Waals surface area contributed by atoms with E-state index in [-0.39, 0.29) is 5.04 Å². The van der Waals surface area contributed by atoms with Crippen LogP contribution in [0.3, 0.4) is 0 Å². The number of hydrogen-bond donors (Lipinski definition) is 1. The predicted molar refractivity (Wildman–Crippen MR) is 94.5 cm³/mol. The summed E-state index contributed by atoms with van der Waals surface area (Å²) >= 11 is 0. The minimum absolute atomic E-state index is 0.0812. The van der Waals surface area contributed by atoms with Gasteiger partial charge in [0.05, 0.1) is 6.54 Å². The Hall–Kier alpha value is -1.82. The van der Waals surface area contributed by atoms with Gasteiger partial charge in [-0.1, -0.05) is 87.4 Å². The lowest BCUT2D eigenvalue weighted by molar-refractivity contribution is 0.740. The smallest absolute Gasteiger partial charge is 0.204 e. The van der Waals surface area contributed by atoms with Crippen LogP contribution in [0.15, 0.2) is 60.7 Å². The van der Waals surface area contributed by atoms with Crippen molar-refractivity contribution in [2.24, 2.45) is 5.73 Å². The first kappa shape index (κ1) is 15.6. The predicted octanol–water partition coefficient (Wildman–Crippen LogP) is 2.55. The van der Waals surface area contributed by atoms with E-state index in [4.69, 9.17) is 5.73 Å². The molecule has 2 N–H and O–H groups in total. The van der Waals surface area contributed by atoms with Gasteiger partial charge in [0.15, 0.2) is 0 Å². The molecule has 2 aromatic rings.